The van der Waals surface area contributed by atoms with Crippen molar-refractivity contribution >= 4 is 24.3 Å². The van der Waals surface area contributed by atoms with Crippen LogP contribution in [0.2, 0.25) is 0 Å². The average molecular weight is 288 g/mol. The average Bonchev–Trinajstić information content (AvgIpc) is 2.26. The molecule has 0 aromatic heterocycles. The minimum absolute atomic E-state index is 0. The summed E-state index contributed by atoms with van der Waals surface area (Å²) in [7, 11) is 1.85. The highest BCUT2D eigenvalue weighted by molar-refractivity contribution is 5.85. The highest BCUT2D eigenvalue weighted by atomic mass is 35.5. The van der Waals surface area contributed by atoms with Crippen LogP contribution in [0.4, 0.5) is 0 Å². The maximum atomic E-state index is 11.0. The van der Waals surface area contributed by atoms with Crippen molar-refractivity contribution in [3.63, 3.8) is 0 Å². The summed E-state index contributed by atoms with van der Waals surface area (Å²) in [6.07, 6.45) is 0.722. The Morgan fingerprint density at radius 2 is 1.79 bits per heavy atom. The third kappa shape index (κ3) is 6.22. The number of halogens is 1. The molecule has 0 heterocycles. The van der Waals surface area contributed by atoms with Gasteiger partial charge in [-0.1, -0.05) is 6.07 Å². The molecule has 0 saturated carbocycles. The van der Waals surface area contributed by atoms with Crippen molar-refractivity contribution in [3.8, 4) is 11.5 Å². The van der Waals surface area contributed by atoms with Crippen LogP contribution in [-0.4, -0.2) is 25.5 Å². The van der Waals surface area contributed by atoms with Gasteiger partial charge >= 0.3 is 11.9 Å². The van der Waals surface area contributed by atoms with Crippen LogP contribution in [0.3, 0.4) is 0 Å². The first kappa shape index (κ1) is 17.4. The van der Waals surface area contributed by atoms with Crippen molar-refractivity contribution in [2.24, 2.45) is 0 Å². The van der Waals surface area contributed by atoms with Crippen molar-refractivity contribution in [3.05, 3.63) is 23.8 Å². The Labute approximate surface area is 118 Å². The molecule has 1 aromatic carbocycles. The van der Waals surface area contributed by atoms with Gasteiger partial charge in [-0.05, 0) is 31.6 Å². The van der Waals surface area contributed by atoms with Crippen LogP contribution in [0.5, 0.6) is 11.5 Å². The summed E-state index contributed by atoms with van der Waals surface area (Å²) in [4.78, 5) is 21.9. The topological polar surface area (TPSA) is 64.6 Å². The summed E-state index contributed by atoms with van der Waals surface area (Å²) in [5.74, 6) is -0.0177. The second-order valence-corrected chi connectivity index (χ2v) is 3.81. The van der Waals surface area contributed by atoms with Gasteiger partial charge in [-0.2, -0.15) is 0 Å². The van der Waals surface area contributed by atoms with Gasteiger partial charge in [0.2, 0.25) is 0 Å². The van der Waals surface area contributed by atoms with E-state index in [4.69, 9.17) is 9.47 Å². The number of ether oxygens (including phenoxy) is 2. The molecule has 0 saturated heterocycles. The summed E-state index contributed by atoms with van der Waals surface area (Å²) < 4.78 is 10.1. The number of likely N-dealkylation sites (N-methyl/N-ethyl adjacent to an activating group) is 1. The minimum Gasteiger partial charge on any atom is -0.427 e. The Hall–Kier alpha value is -1.59. The lowest BCUT2D eigenvalue weighted by atomic mass is 10.1. The molecule has 106 valence electrons. The third-order valence-corrected chi connectivity index (χ3v) is 2.20. The second-order valence-electron chi connectivity index (χ2n) is 3.81. The summed E-state index contributed by atoms with van der Waals surface area (Å²) >= 11 is 0. The molecule has 0 unspecified atom stereocenters. The van der Waals surface area contributed by atoms with E-state index in [1.54, 1.807) is 18.2 Å². The Bertz CT molecular complexity index is 448. The van der Waals surface area contributed by atoms with Crippen LogP contribution in [0.1, 0.15) is 19.4 Å². The molecule has 0 aliphatic carbocycles. The Morgan fingerprint density at radius 1 is 1.16 bits per heavy atom. The summed E-state index contributed by atoms with van der Waals surface area (Å²) in [5.41, 5.74) is 0.885. The molecule has 1 N–H and O–H groups in total. The van der Waals surface area contributed by atoms with E-state index >= 15 is 0 Å². The molecule has 1 aromatic rings. The van der Waals surface area contributed by atoms with Gasteiger partial charge < -0.3 is 14.8 Å². The molecule has 0 aliphatic rings. The predicted molar refractivity (Wildman–Crippen MR) is 73.9 cm³/mol. The number of benzene rings is 1. The zero-order valence-corrected chi connectivity index (χ0v) is 12.0. The van der Waals surface area contributed by atoms with Crippen LogP contribution in [0.25, 0.3) is 0 Å². The van der Waals surface area contributed by atoms with Crippen LogP contribution in [-0.2, 0) is 16.0 Å². The molecule has 0 atom stereocenters. The van der Waals surface area contributed by atoms with Gasteiger partial charge in [-0.3, -0.25) is 9.59 Å². The molecule has 0 amide bonds. The molecule has 0 aliphatic heterocycles. The second kappa shape index (κ2) is 8.50. The first-order chi connectivity index (χ1) is 8.52. The van der Waals surface area contributed by atoms with Gasteiger partial charge in [0.05, 0.1) is 0 Å². The lowest BCUT2D eigenvalue weighted by molar-refractivity contribution is -0.132. The Kier molecular flexibility index (Phi) is 7.79. The van der Waals surface area contributed by atoms with E-state index in [2.05, 4.69) is 5.32 Å². The minimum atomic E-state index is -0.410. The van der Waals surface area contributed by atoms with Crippen molar-refractivity contribution in [1.29, 1.82) is 0 Å². The van der Waals surface area contributed by atoms with Gasteiger partial charge in [0.15, 0.2) is 0 Å². The number of carbonyl (C=O) groups is 2. The van der Waals surface area contributed by atoms with Crippen LogP contribution >= 0.6 is 12.4 Å². The number of carbonyl (C=O) groups excluding carboxylic acids is 2. The maximum Gasteiger partial charge on any atom is 0.308 e. The Balaban J connectivity index is 0.00000324. The van der Waals surface area contributed by atoms with E-state index in [9.17, 15) is 9.59 Å². The smallest absolute Gasteiger partial charge is 0.308 e. The van der Waals surface area contributed by atoms with Crippen molar-refractivity contribution < 1.29 is 19.1 Å². The number of hydrogen-bond donors (Lipinski definition) is 1. The standard InChI is InChI=1S/C13H17NO4.ClH/c1-9(15)17-12-5-4-11(6-7-14-3)13(8-12)18-10(2)16;/h4-5,8,14H,6-7H2,1-3H3;1H. The molecular weight excluding hydrogens is 270 g/mol. The highest BCUT2D eigenvalue weighted by Crippen LogP contribution is 2.25. The highest BCUT2D eigenvalue weighted by Gasteiger charge is 2.09. The van der Waals surface area contributed by atoms with Crippen LogP contribution in [0, 0.1) is 0 Å². The van der Waals surface area contributed by atoms with Gasteiger partial charge in [0, 0.05) is 19.9 Å². The number of rotatable bonds is 5. The van der Waals surface area contributed by atoms with E-state index in [1.165, 1.54) is 13.8 Å². The quantitative estimate of drug-likeness (QED) is 0.660. The molecule has 6 heteroatoms. The fourth-order valence-electron chi connectivity index (χ4n) is 1.48. The maximum absolute atomic E-state index is 11.0. The number of esters is 2. The molecule has 19 heavy (non-hydrogen) atoms. The van der Waals surface area contributed by atoms with Gasteiger partial charge in [0.1, 0.15) is 11.5 Å². The molecule has 0 bridgehead atoms. The first-order valence-electron chi connectivity index (χ1n) is 5.67. The molecule has 0 fully saturated rings. The third-order valence-electron chi connectivity index (χ3n) is 2.20. The monoisotopic (exact) mass is 287 g/mol. The zero-order valence-electron chi connectivity index (χ0n) is 11.2. The van der Waals surface area contributed by atoms with Crippen molar-refractivity contribution in [1.82, 2.24) is 5.32 Å². The van der Waals surface area contributed by atoms with Crippen molar-refractivity contribution in [2.45, 2.75) is 20.3 Å². The summed E-state index contributed by atoms with van der Waals surface area (Å²) in [6, 6.07) is 5.01. The summed E-state index contributed by atoms with van der Waals surface area (Å²) in [6.45, 7) is 3.42. The predicted octanol–water partition coefficient (Wildman–Crippen LogP) is 1.72. The van der Waals surface area contributed by atoms with Gasteiger partial charge in [0.25, 0.3) is 0 Å². The fourth-order valence-corrected chi connectivity index (χ4v) is 1.48. The van der Waals surface area contributed by atoms with E-state index < -0.39 is 11.9 Å². The number of hydrogen-bond acceptors (Lipinski definition) is 5. The largest absolute Gasteiger partial charge is 0.427 e. The molecule has 1 rings (SSSR count). The Morgan fingerprint density at radius 3 is 2.32 bits per heavy atom. The van der Waals surface area contributed by atoms with E-state index in [0.717, 1.165) is 18.5 Å². The van der Waals surface area contributed by atoms with E-state index in [1.807, 2.05) is 7.05 Å². The molecule has 0 radical (unpaired) electrons. The lowest BCUT2D eigenvalue weighted by Gasteiger charge is -2.10. The van der Waals surface area contributed by atoms with Crippen molar-refractivity contribution in [2.75, 3.05) is 13.6 Å². The SMILES string of the molecule is CNCCc1ccc(OC(C)=O)cc1OC(C)=O.Cl. The van der Waals surface area contributed by atoms with Crippen LogP contribution < -0.4 is 14.8 Å². The summed E-state index contributed by atoms with van der Waals surface area (Å²) in [5, 5.41) is 3.02. The van der Waals surface area contributed by atoms with Crippen LogP contribution in [0.15, 0.2) is 18.2 Å². The van der Waals surface area contributed by atoms with E-state index in [-0.39, 0.29) is 12.4 Å². The molecular formula is C13H18ClNO4. The first-order valence-corrected chi connectivity index (χ1v) is 5.67. The van der Waals surface area contributed by atoms with Gasteiger partial charge in [-0.15, -0.1) is 12.4 Å². The van der Waals surface area contributed by atoms with Gasteiger partial charge in [-0.25, -0.2) is 0 Å². The fraction of sp³-hybridized carbons (Fsp3) is 0.385. The number of nitrogens with one attached hydrogen (secondary N) is 1. The van der Waals surface area contributed by atoms with E-state index in [0.29, 0.717) is 11.5 Å². The molecule has 0 spiro atoms. The zero-order chi connectivity index (χ0) is 13.5. The normalized spacial score (nSPS) is 9.42. The molecule has 5 nitrogen and oxygen atoms in total. The lowest BCUT2D eigenvalue weighted by Crippen LogP contribution is -2.12.